The first-order valence-electron chi connectivity index (χ1n) is 4.36. The first-order valence-corrected chi connectivity index (χ1v) is 4.36. The van der Waals surface area contributed by atoms with Crippen LogP contribution in [0.5, 0.6) is 0 Å². The summed E-state index contributed by atoms with van der Waals surface area (Å²) in [6, 6.07) is 6.32. The molecule has 0 amide bonds. The highest BCUT2D eigenvalue weighted by Gasteiger charge is 2.12. The Morgan fingerprint density at radius 1 is 1.40 bits per heavy atom. The van der Waals surface area contributed by atoms with E-state index in [4.69, 9.17) is 9.52 Å². The lowest BCUT2D eigenvalue weighted by Crippen LogP contribution is -2.07. The van der Waals surface area contributed by atoms with Gasteiger partial charge < -0.3 is 9.52 Å². The van der Waals surface area contributed by atoms with Crippen LogP contribution >= 0.6 is 0 Å². The maximum absolute atomic E-state index is 11.5. The Bertz CT molecular complexity index is 595. The van der Waals surface area contributed by atoms with E-state index in [1.807, 2.05) is 0 Å². The molecule has 1 N–H and O–H groups in total. The molecule has 0 saturated heterocycles. The van der Waals surface area contributed by atoms with E-state index in [1.165, 1.54) is 6.07 Å². The van der Waals surface area contributed by atoms with Crippen LogP contribution < -0.4 is 5.63 Å². The lowest BCUT2D eigenvalue weighted by atomic mass is 10.1. The van der Waals surface area contributed by atoms with E-state index in [2.05, 4.69) is 0 Å². The molecule has 15 heavy (non-hydrogen) atoms. The van der Waals surface area contributed by atoms with E-state index >= 15 is 0 Å². The highest BCUT2D eigenvalue weighted by atomic mass is 16.4. The molecule has 0 unspecified atom stereocenters. The van der Waals surface area contributed by atoms with Crippen molar-refractivity contribution in [2.75, 3.05) is 0 Å². The molecule has 4 nitrogen and oxygen atoms in total. The fraction of sp³-hybridized carbons (Fsp3) is 0.0909. The smallest absolute Gasteiger partial charge is 0.344 e. The molecule has 0 spiro atoms. The van der Waals surface area contributed by atoms with E-state index in [0.29, 0.717) is 11.1 Å². The monoisotopic (exact) mass is 204 g/mol. The van der Waals surface area contributed by atoms with Crippen molar-refractivity contribution in [2.24, 2.45) is 0 Å². The molecule has 0 aliphatic heterocycles. The molecule has 0 aliphatic carbocycles. The molecule has 0 radical (unpaired) electrons. The summed E-state index contributed by atoms with van der Waals surface area (Å²) in [7, 11) is 0. The third-order valence-corrected chi connectivity index (χ3v) is 2.14. The number of carbonyl (C=O) groups is 1. The molecule has 0 saturated carbocycles. The number of carboxylic acids is 1. The number of aryl methyl sites for hydroxylation is 1. The Morgan fingerprint density at radius 3 is 2.80 bits per heavy atom. The molecular formula is C11H8O4. The van der Waals surface area contributed by atoms with Gasteiger partial charge in [-0.1, -0.05) is 12.1 Å². The highest BCUT2D eigenvalue weighted by molar-refractivity contribution is 6.03. The molecule has 1 aromatic carbocycles. The quantitative estimate of drug-likeness (QED) is 0.769. The van der Waals surface area contributed by atoms with Gasteiger partial charge in [0.2, 0.25) is 0 Å². The molecular weight excluding hydrogens is 196 g/mol. The van der Waals surface area contributed by atoms with Crippen LogP contribution in [0.25, 0.3) is 10.8 Å². The zero-order valence-electron chi connectivity index (χ0n) is 7.98. The third-order valence-electron chi connectivity index (χ3n) is 2.14. The molecule has 0 fully saturated rings. The van der Waals surface area contributed by atoms with Gasteiger partial charge in [-0.15, -0.1) is 0 Å². The SMILES string of the molecule is Cc1cc2cccc(C(=O)O)c2c(=O)o1. The number of hydrogen-bond donors (Lipinski definition) is 1. The summed E-state index contributed by atoms with van der Waals surface area (Å²) in [6.07, 6.45) is 0. The van der Waals surface area contributed by atoms with Crippen molar-refractivity contribution >= 4 is 16.7 Å². The topological polar surface area (TPSA) is 67.5 Å². The van der Waals surface area contributed by atoms with Gasteiger partial charge in [0.15, 0.2) is 0 Å². The van der Waals surface area contributed by atoms with Gasteiger partial charge in [0, 0.05) is 0 Å². The second-order valence-electron chi connectivity index (χ2n) is 3.22. The summed E-state index contributed by atoms with van der Waals surface area (Å²) >= 11 is 0. The summed E-state index contributed by atoms with van der Waals surface area (Å²) in [5.41, 5.74) is -0.635. The number of carboxylic acid groups (broad SMARTS) is 1. The van der Waals surface area contributed by atoms with Crippen molar-refractivity contribution in [3.05, 3.63) is 46.0 Å². The minimum atomic E-state index is -1.13. The largest absolute Gasteiger partial charge is 0.478 e. The standard InChI is InChI=1S/C11H8O4/c1-6-5-7-3-2-4-8(10(12)13)9(7)11(14)15-6/h2-5H,1H3,(H,12,13). The van der Waals surface area contributed by atoms with Crippen molar-refractivity contribution in [3.8, 4) is 0 Å². The van der Waals surface area contributed by atoms with Gasteiger partial charge in [0.1, 0.15) is 5.76 Å². The van der Waals surface area contributed by atoms with Crippen molar-refractivity contribution in [1.29, 1.82) is 0 Å². The fourth-order valence-electron chi connectivity index (χ4n) is 1.54. The number of rotatable bonds is 1. The van der Waals surface area contributed by atoms with Crippen LogP contribution in [0.2, 0.25) is 0 Å². The van der Waals surface area contributed by atoms with Gasteiger partial charge in [0.25, 0.3) is 0 Å². The summed E-state index contributed by atoms with van der Waals surface area (Å²) in [5, 5.41) is 9.60. The van der Waals surface area contributed by atoms with Crippen LogP contribution in [-0.4, -0.2) is 11.1 Å². The molecule has 1 heterocycles. The van der Waals surface area contributed by atoms with Gasteiger partial charge >= 0.3 is 11.6 Å². The molecule has 0 aliphatic rings. The van der Waals surface area contributed by atoms with Crippen molar-refractivity contribution in [2.45, 2.75) is 6.92 Å². The second-order valence-corrected chi connectivity index (χ2v) is 3.22. The Kier molecular flexibility index (Phi) is 2.04. The third kappa shape index (κ3) is 1.50. The Balaban J connectivity index is 2.98. The van der Waals surface area contributed by atoms with E-state index < -0.39 is 11.6 Å². The zero-order chi connectivity index (χ0) is 11.0. The van der Waals surface area contributed by atoms with Crippen LogP contribution in [0.4, 0.5) is 0 Å². The Morgan fingerprint density at radius 2 is 2.13 bits per heavy atom. The summed E-state index contributed by atoms with van der Waals surface area (Å²) in [4.78, 5) is 22.4. The lowest BCUT2D eigenvalue weighted by molar-refractivity contribution is 0.0698. The molecule has 1 aromatic heterocycles. The highest BCUT2D eigenvalue weighted by Crippen LogP contribution is 2.16. The average molecular weight is 204 g/mol. The molecule has 4 heteroatoms. The number of fused-ring (bicyclic) bond motifs is 1. The van der Waals surface area contributed by atoms with Gasteiger partial charge in [-0.05, 0) is 24.4 Å². The first-order chi connectivity index (χ1) is 7.09. The van der Waals surface area contributed by atoms with E-state index in [-0.39, 0.29) is 10.9 Å². The number of benzene rings is 1. The molecule has 2 aromatic rings. The summed E-state index contributed by atoms with van der Waals surface area (Å²) in [5.74, 6) is -0.660. The van der Waals surface area contributed by atoms with Crippen molar-refractivity contribution in [3.63, 3.8) is 0 Å². The molecule has 0 atom stereocenters. The summed E-state index contributed by atoms with van der Waals surface area (Å²) in [6.45, 7) is 1.65. The van der Waals surface area contributed by atoms with Gasteiger partial charge in [-0.2, -0.15) is 0 Å². The number of hydrogen-bond acceptors (Lipinski definition) is 3. The van der Waals surface area contributed by atoms with E-state index in [9.17, 15) is 9.59 Å². The van der Waals surface area contributed by atoms with Gasteiger partial charge in [0.05, 0.1) is 10.9 Å². The molecule has 0 bridgehead atoms. The Labute approximate surface area is 84.8 Å². The molecule has 76 valence electrons. The second kappa shape index (κ2) is 3.24. The predicted molar refractivity (Wildman–Crippen MR) is 54.2 cm³/mol. The minimum absolute atomic E-state index is 0.0266. The van der Waals surface area contributed by atoms with Crippen LogP contribution in [-0.2, 0) is 0 Å². The fourth-order valence-corrected chi connectivity index (χ4v) is 1.54. The molecule has 2 rings (SSSR count). The first kappa shape index (κ1) is 9.45. The van der Waals surface area contributed by atoms with Gasteiger partial charge in [-0.25, -0.2) is 9.59 Å². The van der Waals surface area contributed by atoms with Crippen LogP contribution in [0.1, 0.15) is 16.1 Å². The van der Waals surface area contributed by atoms with Crippen LogP contribution in [0, 0.1) is 6.92 Å². The Hall–Kier alpha value is -2.10. The van der Waals surface area contributed by atoms with Gasteiger partial charge in [-0.3, -0.25) is 0 Å². The van der Waals surface area contributed by atoms with Crippen molar-refractivity contribution in [1.82, 2.24) is 0 Å². The normalized spacial score (nSPS) is 10.5. The van der Waals surface area contributed by atoms with E-state index in [0.717, 1.165) is 0 Å². The van der Waals surface area contributed by atoms with Crippen LogP contribution in [0.15, 0.2) is 33.5 Å². The van der Waals surface area contributed by atoms with Crippen molar-refractivity contribution < 1.29 is 14.3 Å². The minimum Gasteiger partial charge on any atom is -0.478 e. The zero-order valence-corrected chi connectivity index (χ0v) is 7.98. The predicted octanol–water partition coefficient (Wildman–Crippen LogP) is 1.80. The van der Waals surface area contributed by atoms with Crippen LogP contribution in [0.3, 0.4) is 0 Å². The number of aromatic carboxylic acids is 1. The van der Waals surface area contributed by atoms with E-state index in [1.54, 1.807) is 25.1 Å². The lowest BCUT2D eigenvalue weighted by Gasteiger charge is -2.01. The maximum Gasteiger partial charge on any atom is 0.344 e. The average Bonchev–Trinajstić information content (AvgIpc) is 2.16. The summed E-state index contributed by atoms with van der Waals surface area (Å²) < 4.78 is 4.86. The maximum atomic E-state index is 11.5.